The van der Waals surface area contributed by atoms with Gasteiger partial charge in [-0.05, 0) is 30.7 Å². The van der Waals surface area contributed by atoms with Gasteiger partial charge in [-0.3, -0.25) is 13.9 Å². The van der Waals surface area contributed by atoms with Crippen LogP contribution >= 0.6 is 0 Å². The number of nitrogens with one attached hydrogen (secondary N) is 3. The van der Waals surface area contributed by atoms with Gasteiger partial charge in [0.1, 0.15) is 23.2 Å². The Kier molecular flexibility index (Phi) is 9.26. The predicted octanol–water partition coefficient (Wildman–Crippen LogP) is 2.17. The minimum Gasteiger partial charge on any atom is -0.365 e. The minimum absolute atomic E-state index is 0.0537. The summed E-state index contributed by atoms with van der Waals surface area (Å²) in [6, 6.07) is 8.29. The fourth-order valence-electron chi connectivity index (χ4n) is 3.29. The number of pyridine rings is 1. The van der Waals surface area contributed by atoms with Crippen LogP contribution in [0.1, 0.15) is 23.6 Å². The molecule has 40 heavy (non-hydrogen) atoms. The molecule has 2 heterocycles. The summed E-state index contributed by atoms with van der Waals surface area (Å²) in [7, 11) is -2.38. The number of amides is 1. The molecule has 3 aromatic rings. The Bertz CT molecular complexity index is 1480. The molecule has 0 bridgehead atoms. The van der Waals surface area contributed by atoms with Gasteiger partial charge in [0.15, 0.2) is 5.78 Å². The maximum absolute atomic E-state index is 13.7. The highest BCUT2D eigenvalue weighted by Crippen LogP contribution is 2.34. The molecule has 12 nitrogen and oxygen atoms in total. The van der Waals surface area contributed by atoms with Crippen molar-refractivity contribution in [2.45, 2.75) is 32.2 Å². The molecule has 0 aliphatic heterocycles. The quantitative estimate of drug-likeness (QED) is 0.246. The van der Waals surface area contributed by atoms with Crippen LogP contribution in [0.4, 0.5) is 36.4 Å². The van der Waals surface area contributed by atoms with E-state index in [0.717, 1.165) is 10.6 Å². The highest BCUT2D eigenvalue weighted by atomic mass is 32.2. The molecular weight excluding hydrogens is 553 g/mol. The second kappa shape index (κ2) is 12.3. The monoisotopic (exact) mass is 580 g/mol. The number of benzene rings is 1. The van der Waals surface area contributed by atoms with Gasteiger partial charge in [0.25, 0.3) is 0 Å². The van der Waals surface area contributed by atoms with Gasteiger partial charge < -0.3 is 21.7 Å². The van der Waals surface area contributed by atoms with Gasteiger partial charge in [-0.25, -0.2) is 18.4 Å². The van der Waals surface area contributed by atoms with Crippen LogP contribution in [0.3, 0.4) is 0 Å². The summed E-state index contributed by atoms with van der Waals surface area (Å²) in [4.78, 5) is 34.8. The molecule has 0 aliphatic carbocycles. The van der Waals surface area contributed by atoms with Gasteiger partial charge in [-0.2, -0.15) is 18.2 Å². The van der Waals surface area contributed by atoms with Crippen molar-refractivity contribution in [3.63, 3.8) is 0 Å². The molecule has 0 radical (unpaired) electrons. The molecular formula is C24H27F3N8O4S. The van der Waals surface area contributed by atoms with Crippen LogP contribution in [-0.4, -0.2) is 54.4 Å². The fraction of sp³-hybridized carbons (Fsp3) is 0.292. The Balaban J connectivity index is 1.77. The number of alkyl halides is 3. The number of hydrogen-bond acceptors (Lipinski definition) is 10. The summed E-state index contributed by atoms with van der Waals surface area (Å²) in [6.45, 7) is 1.11. The number of ketones is 1. The molecule has 16 heteroatoms. The summed E-state index contributed by atoms with van der Waals surface area (Å²) < 4.78 is 65.8. The molecule has 0 saturated heterocycles. The van der Waals surface area contributed by atoms with Crippen molar-refractivity contribution in [3.8, 4) is 0 Å². The van der Waals surface area contributed by atoms with Gasteiger partial charge in [-0.1, -0.05) is 18.2 Å². The molecule has 2 aromatic heterocycles. The van der Waals surface area contributed by atoms with Crippen LogP contribution in [0, 0.1) is 0 Å². The number of nitrogens with zero attached hydrogens (tertiary/aromatic N) is 4. The number of hydrogen-bond donors (Lipinski definition) is 4. The topological polar surface area (TPSA) is 172 Å². The first-order chi connectivity index (χ1) is 18.7. The van der Waals surface area contributed by atoms with Crippen LogP contribution in [-0.2, 0) is 38.9 Å². The molecule has 5 N–H and O–H groups in total. The summed E-state index contributed by atoms with van der Waals surface area (Å²) in [5.74, 6) is -1.69. The first kappa shape index (κ1) is 30.2. The maximum atomic E-state index is 13.7. The van der Waals surface area contributed by atoms with Gasteiger partial charge in [-0.15, -0.1) is 0 Å². The van der Waals surface area contributed by atoms with Crippen molar-refractivity contribution in [2.24, 2.45) is 5.73 Å². The lowest BCUT2D eigenvalue weighted by Gasteiger charge is -2.20. The molecule has 214 valence electrons. The number of aromatic nitrogens is 3. The van der Waals surface area contributed by atoms with E-state index >= 15 is 0 Å². The molecule has 0 spiro atoms. The average molecular weight is 581 g/mol. The molecule has 0 fully saturated rings. The fourth-order valence-corrected chi connectivity index (χ4v) is 3.77. The van der Waals surface area contributed by atoms with Crippen molar-refractivity contribution in [3.05, 3.63) is 65.5 Å². The van der Waals surface area contributed by atoms with Crippen LogP contribution in [0.2, 0.25) is 0 Å². The Morgan fingerprint density at radius 3 is 2.38 bits per heavy atom. The van der Waals surface area contributed by atoms with E-state index < -0.39 is 45.3 Å². The molecule has 1 unspecified atom stereocenters. The average Bonchev–Trinajstić information content (AvgIpc) is 2.89. The Morgan fingerprint density at radius 2 is 1.77 bits per heavy atom. The van der Waals surface area contributed by atoms with E-state index in [2.05, 4.69) is 30.9 Å². The van der Waals surface area contributed by atoms with Crippen LogP contribution < -0.4 is 26.0 Å². The molecule has 1 aromatic carbocycles. The standard InChI is InChI=1S/C24H27F3N8O4S/c1-14(36)19(28)22(37)31-11-15-6-8-17(9-7-15)33-23-32-13-18(24(25,26)27)20(34-23)30-12-16-5-4-10-29-21(16)35(2)40(3,38)39/h4-10,13,19H,11-12,28H2,1-3H3,(H,31,37)(H2,30,32,33,34). The molecule has 1 amide bonds. The van der Waals surface area contributed by atoms with Crippen molar-refractivity contribution >= 4 is 45.0 Å². The molecule has 3 rings (SSSR count). The number of rotatable bonds is 11. The van der Waals surface area contributed by atoms with Crippen molar-refractivity contribution in [1.29, 1.82) is 0 Å². The van der Waals surface area contributed by atoms with Gasteiger partial charge >= 0.3 is 6.18 Å². The number of anilines is 4. The smallest absolute Gasteiger partial charge is 0.365 e. The SMILES string of the molecule is CC(=O)C(N)C(=O)NCc1ccc(Nc2ncc(C(F)(F)F)c(NCc3cccnc3N(C)S(C)(=O)=O)n2)cc1. The highest BCUT2D eigenvalue weighted by molar-refractivity contribution is 7.92. The summed E-state index contributed by atoms with van der Waals surface area (Å²) in [5, 5.41) is 7.97. The summed E-state index contributed by atoms with van der Waals surface area (Å²) in [5.41, 5.74) is 5.82. The highest BCUT2D eigenvalue weighted by Gasteiger charge is 2.35. The molecule has 0 saturated carbocycles. The van der Waals surface area contributed by atoms with Gasteiger partial charge in [0.05, 0.1) is 6.26 Å². The normalized spacial score (nSPS) is 12.4. The maximum Gasteiger partial charge on any atom is 0.421 e. The van der Waals surface area contributed by atoms with E-state index in [4.69, 9.17) is 5.73 Å². The predicted molar refractivity (Wildman–Crippen MR) is 142 cm³/mol. The van der Waals surface area contributed by atoms with Crippen LogP contribution in [0.15, 0.2) is 48.8 Å². The van der Waals surface area contributed by atoms with Crippen molar-refractivity contribution < 1.29 is 31.2 Å². The van der Waals surface area contributed by atoms with E-state index in [1.165, 1.54) is 32.3 Å². The number of sulfonamides is 1. The number of nitrogens with two attached hydrogens (primary N) is 1. The Morgan fingerprint density at radius 1 is 1.10 bits per heavy atom. The first-order valence-electron chi connectivity index (χ1n) is 11.6. The van der Waals surface area contributed by atoms with E-state index in [9.17, 15) is 31.2 Å². The van der Waals surface area contributed by atoms with Crippen LogP contribution in [0.25, 0.3) is 0 Å². The van der Waals surface area contributed by atoms with E-state index in [0.29, 0.717) is 23.0 Å². The minimum atomic E-state index is -4.76. The van der Waals surface area contributed by atoms with Crippen LogP contribution in [0.5, 0.6) is 0 Å². The third-order valence-electron chi connectivity index (χ3n) is 5.60. The van der Waals surface area contributed by atoms with Crippen molar-refractivity contribution in [1.82, 2.24) is 20.3 Å². The first-order valence-corrected chi connectivity index (χ1v) is 13.5. The van der Waals surface area contributed by atoms with Crippen molar-refractivity contribution in [2.75, 3.05) is 28.2 Å². The zero-order chi connectivity index (χ0) is 29.7. The Hall–Kier alpha value is -4.31. The Labute approximate surface area is 228 Å². The third kappa shape index (κ3) is 7.86. The summed E-state index contributed by atoms with van der Waals surface area (Å²) >= 11 is 0. The molecule has 0 aliphatic rings. The van der Waals surface area contributed by atoms with E-state index in [1.54, 1.807) is 24.3 Å². The lowest BCUT2D eigenvalue weighted by atomic mass is 10.2. The van der Waals surface area contributed by atoms with E-state index in [1.807, 2.05) is 0 Å². The lowest BCUT2D eigenvalue weighted by molar-refractivity contribution is -0.137. The number of Topliss-reactive ketones (excluding diaryl/α,β-unsaturated/α-hetero) is 1. The molecule has 1 atom stereocenters. The van der Waals surface area contributed by atoms with Gasteiger partial charge in [0, 0.05) is 43.8 Å². The number of halogens is 3. The third-order valence-corrected chi connectivity index (χ3v) is 6.77. The van der Waals surface area contributed by atoms with E-state index in [-0.39, 0.29) is 24.9 Å². The lowest BCUT2D eigenvalue weighted by Crippen LogP contribution is -2.44. The zero-order valence-corrected chi connectivity index (χ0v) is 22.5. The number of carbonyl (C=O) groups is 2. The van der Waals surface area contributed by atoms with Gasteiger partial charge in [0.2, 0.25) is 21.9 Å². The zero-order valence-electron chi connectivity index (χ0n) is 21.7. The second-order valence-corrected chi connectivity index (χ2v) is 10.7. The largest absolute Gasteiger partial charge is 0.421 e. The second-order valence-electron chi connectivity index (χ2n) is 8.65. The summed E-state index contributed by atoms with van der Waals surface area (Å²) in [6.07, 6.45) is -1.78. The number of carbonyl (C=O) groups excluding carboxylic acids is 2.